The number of aromatic nitrogens is 1. The molecule has 0 amide bonds. The Bertz CT molecular complexity index is 911. The van der Waals surface area contributed by atoms with E-state index in [0.29, 0.717) is 18.0 Å². The Morgan fingerprint density at radius 3 is 2.30 bits per heavy atom. The van der Waals surface area contributed by atoms with Crippen molar-refractivity contribution in [3.05, 3.63) is 78.1 Å². The summed E-state index contributed by atoms with van der Waals surface area (Å²) in [4.78, 5) is 17.4. The second kappa shape index (κ2) is 8.23. The van der Waals surface area contributed by atoms with E-state index in [1.54, 1.807) is 50.9 Å². The van der Waals surface area contributed by atoms with Crippen LogP contribution in [0.1, 0.15) is 15.9 Å². The quantitative estimate of drug-likeness (QED) is 0.679. The van der Waals surface area contributed by atoms with Crippen LogP contribution in [-0.4, -0.2) is 30.3 Å². The molecule has 0 saturated heterocycles. The zero-order chi connectivity index (χ0) is 19.2. The molecule has 0 fully saturated rings. The first-order chi connectivity index (χ1) is 13.1. The van der Waals surface area contributed by atoms with Crippen LogP contribution in [0.5, 0.6) is 11.5 Å². The lowest BCUT2D eigenvalue weighted by molar-refractivity contribution is 0.0697. The van der Waals surface area contributed by atoms with Gasteiger partial charge in [0.05, 0.1) is 19.8 Å². The number of rotatable bonds is 7. The molecule has 1 heterocycles. The fourth-order valence-corrected chi connectivity index (χ4v) is 2.78. The average molecular weight is 364 g/mol. The molecule has 27 heavy (non-hydrogen) atoms. The predicted molar refractivity (Wildman–Crippen MR) is 103 cm³/mol. The number of hydrogen-bond donors (Lipinski definition) is 1. The second-order valence-corrected chi connectivity index (χ2v) is 5.84. The topological polar surface area (TPSA) is 71.9 Å². The van der Waals surface area contributed by atoms with Crippen molar-refractivity contribution >= 4 is 17.3 Å². The summed E-state index contributed by atoms with van der Waals surface area (Å²) in [6, 6.07) is 16.3. The standard InChI is InChI=1S/C21H20N2O4/c1-26-19-10-9-18(12-20(19)27-2)23(14-15-4-3-11-22-13-15)17-7-5-16(6-8-17)21(24)25/h3-13H,14H2,1-2H3,(H,24,25). The Kier molecular flexibility index (Phi) is 5.56. The molecular formula is C21H20N2O4. The van der Waals surface area contributed by atoms with E-state index in [-0.39, 0.29) is 5.56 Å². The van der Waals surface area contributed by atoms with Gasteiger partial charge in [-0.1, -0.05) is 6.07 Å². The normalized spacial score (nSPS) is 10.3. The minimum atomic E-state index is -0.952. The molecule has 0 aliphatic carbocycles. The smallest absolute Gasteiger partial charge is 0.335 e. The number of ether oxygens (including phenoxy) is 2. The van der Waals surface area contributed by atoms with Crippen molar-refractivity contribution < 1.29 is 19.4 Å². The van der Waals surface area contributed by atoms with Gasteiger partial charge < -0.3 is 19.5 Å². The molecule has 1 N–H and O–H groups in total. The molecule has 0 aliphatic heterocycles. The van der Waals surface area contributed by atoms with Crippen molar-refractivity contribution in [3.8, 4) is 11.5 Å². The summed E-state index contributed by atoms with van der Waals surface area (Å²) in [6.07, 6.45) is 3.53. The summed E-state index contributed by atoms with van der Waals surface area (Å²) in [5.74, 6) is 0.309. The van der Waals surface area contributed by atoms with Gasteiger partial charge in [0.25, 0.3) is 0 Å². The highest BCUT2D eigenvalue weighted by Crippen LogP contribution is 2.35. The number of benzene rings is 2. The highest BCUT2D eigenvalue weighted by Gasteiger charge is 2.14. The highest BCUT2D eigenvalue weighted by molar-refractivity contribution is 5.88. The van der Waals surface area contributed by atoms with Gasteiger partial charge >= 0.3 is 5.97 Å². The summed E-state index contributed by atoms with van der Waals surface area (Å²) < 4.78 is 10.7. The van der Waals surface area contributed by atoms with Crippen molar-refractivity contribution in [2.45, 2.75) is 6.54 Å². The number of nitrogens with zero attached hydrogens (tertiary/aromatic N) is 2. The summed E-state index contributed by atoms with van der Waals surface area (Å²) in [6.45, 7) is 0.565. The van der Waals surface area contributed by atoms with E-state index in [1.165, 1.54) is 0 Å². The summed E-state index contributed by atoms with van der Waals surface area (Å²) >= 11 is 0. The number of anilines is 2. The molecule has 0 spiro atoms. The van der Waals surface area contributed by atoms with E-state index in [4.69, 9.17) is 14.6 Å². The van der Waals surface area contributed by atoms with Crippen molar-refractivity contribution in [1.29, 1.82) is 0 Å². The van der Waals surface area contributed by atoms with Gasteiger partial charge in [0.2, 0.25) is 0 Å². The molecule has 138 valence electrons. The summed E-state index contributed by atoms with van der Waals surface area (Å²) in [5.41, 5.74) is 3.01. The van der Waals surface area contributed by atoms with Gasteiger partial charge in [0.15, 0.2) is 11.5 Å². The third-order valence-corrected chi connectivity index (χ3v) is 4.17. The minimum absolute atomic E-state index is 0.243. The molecule has 0 atom stereocenters. The van der Waals surface area contributed by atoms with Crippen LogP contribution in [0.15, 0.2) is 67.0 Å². The molecule has 6 heteroatoms. The van der Waals surface area contributed by atoms with Gasteiger partial charge in [0, 0.05) is 36.4 Å². The number of carboxylic acids is 1. The number of pyridine rings is 1. The van der Waals surface area contributed by atoms with E-state index in [1.807, 2.05) is 30.3 Å². The molecule has 0 unspecified atom stereocenters. The number of aromatic carboxylic acids is 1. The Balaban J connectivity index is 2.03. The van der Waals surface area contributed by atoms with Crippen LogP contribution in [0.2, 0.25) is 0 Å². The fraction of sp³-hybridized carbons (Fsp3) is 0.143. The first-order valence-corrected chi connectivity index (χ1v) is 8.34. The molecule has 3 rings (SSSR count). The van der Waals surface area contributed by atoms with Gasteiger partial charge in [-0.25, -0.2) is 4.79 Å². The molecule has 0 radical (unpaired) electrons. The molecule has 2 aromatic carbocycles. The Morgan fingerprint density at radius 2 is 1.70 bits per heavy atom. The minimum Gasteiger partial charge on any atom is -0.493 e. The maximum absolute atomic E-state index is 11.1. The first kappa shape index (κ1) is 18.3. The van der Waals surface area contributed by atoms with Crippen molar-refractivity contribution in [2.75, 3.05) is 19.1 Å². The van der Waals surface area contributed by atoms with Gasteiger partial charge in [-0.3, -0.25) is 4.98 Å². The van der Waals surface area contributed by atoms with Gasteiger partial charge in [0.1, 0.15) is 0 Å². The number of methoxy groups -OCH3 is 2. The monoisotopic (exact) mass is 364 g/mol. The molecule has 0 aliphatic rings. The van der Waals surface area contributed by atoms with E-state index < -0.39 is 5.97 Å². The van der Waals surface area contributed by atoms with Crippen LogP contribution in [-0.2, 0) is 6.54 Å². The average Bonchev–Trinajstić information content (AvgIpc) is 2.72. The van der Waals surface area contributed by atoms with Crippen LogP contribution >= 0.6 is 0 Å². The van der Waals surface area contributed by atoms with Gasteiger partial charge in [-0.15, -0.1) is 0 Å². The van der Waals surface area contributed by atoms with E-state index in [2.05, 4.69) is 9.88 Å². The number of carboxylic acid groups (broad SMARTS) is 1. The maximum atomic E-state index is 11.1. The van der Waals surface area contributed by atoms with Crippen molar-refractivity contribution in [3.63, 3.8) is 0 Å². The second-order valence-electron chi connectivity index (χ2n) is 5.84. The van der Waals surface area contributed by atoms with Crippen LogP contribution < -0.4 is 14.4 Å². The van der Waals surface area contributed by atoms with Crippen LogP contribution in [0.25, 0.3) is 0 Å². The summed E-state index contributed by atoms with van der Waals surface area (Å²) in [5, 5.41) is 9.14. The molecule has 1 aromatic heterocycles. The number of hydrogen-bond acceptors (Lipinski definition) is 5. The van der Waals surface area contributed by atoms with Gasteiger partial charge in [-0.2, -0.15) is 0 Å². The third-order valence-electron chi connectivity index (χ3n) is 4.17. The molecule has 6 nitrogen and oxygen atoms in total. The molecule has 3 aromatic rings. The zero-order valence-corrected chi connectivity index (χ0v) is 15.1. The predicted octanol–water partition coefficient (Wildman–Crippen LogP) is 4.14. The van der Waals surface area contributed by atoms with Crippen LogP contribution in [0.4, 0.5) is 11.4 Å². The first-order valence-electron chi connectivity index (χ1n) is 8.34. The maximum Gasteiger partial charge on any atom is 0.335 e. The highest BCUT2D eigenvalue weighted by atomic mass is 16.5. The fourth-order valence-electron chi connectivity index (χ4n) is 2.78. The van der Waals surface area contributed by atoms with Crippen molar-refractivity contribution in [1.82, 2.24) is 4.98 Å². The van der Waals surface area contributed by atoms with Crippen LogP contribution in [0.3, 0.4) is 0 Å². The van der Waals surface area contributed by atoms with E-state index >= 15 is 0 Å². The van der Waals surface area contributed by atoms with E-state index in [0.717, 1.165) is 16.9 Å². The molecular weight excluding hydrogens is 344 g/mol. The number of carbonyl (C=O) groups is 1. The SMILES string of the molecule is COc1ccc(N(Cc2cccnc2)c2ccc(C(=O)O)cc2)cc1OC. The van der Waals surface area contributed by atoms with E-state index in [9.17, 15) is 4.79 Å². The molecule has 0 saturated carbocycles. The largest absolute Gasteiger partial charge is 0.493 e. The Hall–Kier alpha value is -3.54. The van der Waals surface area contributed by atoms with Crippen LogP contribution in [0, 0.1) is 0 Å². The Morgan fingerprint density at radius 1 is 1.00 bits per heavy atom. The lowest BCUT2D eigenvalue weighted by Crippen LogP contribution is -2.17. The lowest BCUT2D eigenvalue weighted by Gasteiger charge is -2.26. The lowest BCUT2D eigenvalue weighted by atomic mass is 10.1. The third kappa shape index (κ3) is 4.17. The zero-order valence-electron chi connectivity index (χ0n) is 15.1. The summed E-state index contributed by atoms with van der Waals surface area (Å²) in [7, 11) is 3.18. The van der Waals surface area contributed by atoms with Crippen molar-refractivity contribution in [2.24, 2.45) is 0 Å². The van der Waals surface area contributed by atoms with Gasteiger partial charge in [-0.05, 0) is 48.0 Å². The Labute approximate surface area is 157 Å². The molecule has 0 bridgehead atoms.